The third kappa shape index (κ3) is 12.2. The van der Waals surface area contributed by atoms with Crippen molar-refractivity contribution in [3.05, 3.63) is 119 Å². The van der Waals surface area contributed by atoms with Crippen molar-refractivity contribution in [2.24, 2.45) is 11.5 Å². The molecular weight excluding hydrogens is 664 g/mol. The second kappa shape index (κ2) is 19.2. The quantitative estimate of drug-likeness (QED) is 0.0597. The van der Waals surface area contributed by atoms with E-state index in [-0.39, 0.29) is 34.8 Å². The lowest BCUT2D eigenvalue weighted by Gasteiger charge is -2.07. The number of ketones is 1. The molecule has 0 radical (unpaired) electrons. The number of aromatic hydroxyl groups is 1. The molecule has 1 heterocycles. The largest absolute Gasteiger partial charge is 0.506 e. The maximum atomic E-state index is 11.6. The maximum Gasteiger partial charge on any atom is 0.337 e. The smallest absolute Gasteiger partial charge is 0.337 e. The minimum atomic E-state index is -1.20. The predicted molar refractivity (Wildman–Crippen MR) is 190 cm³/mol. The molecule has 0 aliphatic heterocycles. The number of phenolic OH excluding ortho intramolecular Hbond substituents is 1. The van der Waals surface area contributed by atoms with Gasteiger partial charge in [-0.1, -0.05) is 48.5 Å². The van der Waals surface area contributed by atoms with Gasteiger partial charge in [-0.2, -0.15) is 0 Å². The Morgan fingerprint density at radius 2 is 1.10 bits per heavy atom. The van der Waals surface area contributed by atoms with E-state index >= 15 is 0 Å². The molecule has 0 aliphatic carbocycles. The Bertz CT molecular complexity index is 2000. The van der Waals surface area contributed by atoms with Crippen molar-refractivity contribution in [2.75, 3.05) is 17.2 Å². The zero-order valence-corrected chi connectivity index (χ0v) is 27.0. The van der Waals surface area contributed by atoms with Gasteiger partial charge in [0.1, 0.15) is 17.8 Å². The van der Waals surface area contributed by atoms with Crippen LogP contribution in [0.1, 0.15) is 43.1 Å². The number of carbonyl (C=O) groups is 5. The van der Waals surface area contributed by atoms with Crippen molar-refractivity contribution in [3.63, 3.8) is 0 Å². The number of aromatic amines is 1. The Balaban J connectivity index is 0.000000239. The summed E-state index contributed by atoms with van der Waals surface area (Å²) < 4.78 is 0. The number of nitrogens with one attached hydrogen (secondary N) is 1. The summed E-state index contributed by atoms with van der Waals surface area (Å²) in [6.07, 6.45) is 1.91. The lowest BCUT2D eigenvalue weighted by molar-refractivity contribution is -0.139. The van der Waals surface area contributed by atoms with Crippen LogP contribution in [0, 0.1) is 0 Å². The highest BCUT2D eigenvalue weighted by molar-refractivity contribution is 6.02. The zero-order valence-electron chi connectivity index (χ0n) is 27.0. The maximum absolute atomic E-state index is 11.6. The van der Waals surface area contributed by atoms with Gasteiger partial charge >= 0.3 is 23.9 Å². The molecular formula is C35H38N6O10. The molecule has 1 aromatic heterocycles. The molecule has 5 aromatic rings. The number of carboxylic acids is 4. The van der Waals surface area contributed by atoms with Crippen LogP contribution in [0.5, 0.6) is 5.75 Å². The number of aliphatic carboxylic acids is 2. The average Bonchev–Trinajstić information content (AvgIpc) is 3.49. The van der Waals surface area contributed by atoms with Gasteiger partial charge < -0.3 is 59.2 Å². The molecule has 268 valence electrons. The second-order valence-corrected chi connectivity index (χ2v) is 10.6. The van der Waals surface area contributed by atoms with E-state index in [4.69, 9.17) is 54.2 Å². The van der Waals surface area contributed by atoms with Gasteiger partial charge in [-0.15, -0.1) is 0 Å². The van der Waals surface area contributed by atoms with E-state index in [1.807, 2.05) is 30.5 Å². The molecule has 0 bridgehead atoms. The number of carboxylic acid groups (broad SMARTS) is 4. The van der Waals surface area contributed by atoms with Crippen molar-refractivity contribution in [3.8, 4) is 5.75 Å². The molecule has 16 heteroatoms. The number of carbonyl (C=O) groups excluding carboxylic acids is 1. The van der Waals surface area contributed by atoms with Crippen LogP contribution in [0.25, 0.3) is 10.9 Å². The van der Waals surface area contributed by atoms with Gasteiger partial charge in [0, 0.05) is 46.9 Å². The van der Waals surface area contributed by atoms with Crippen molar-refractivity contribution < 1.29 is 49.5 Å². The van der Waals surface area contributed by atoms with Crippen LogP contribution in [0.4, 0.5) is 17.1 Å². The Kier molecular flexibility index (Phi) is 15.1. The summed E-state index contributed by atoms with van der Waals surface area (Å²) in [5, 5.41) is 44.2. The lowest BCUT2D eigenvalue weighted by Crippen LogP contribution is -2.32. The SMILES string of the molecule is N[C@@H](Cc1c[nH]c2ccccc12)C(=O)O.Nc1c(O)cccc1C(=O)O.Nc1ccccc1C(=O)CC(N)C(=O)O.Nc1ccccc1C(=O)O. The van der Waals surface area contributed by atoms with Gasteiger partial charge in [0.05, 0.1) is 16.8 Å². The Morgan fingerprint density at radius 1 is 0.608 bits per heavy atom. The number of aromatic nitrogens is 1. The molecule has 16 N–H and O–H groups in total. The summed E-state index contributed by atoms with van der Waals surface area (Å²) in [6.45, 7) is 0. The number of rotatable bonds is 9. The highest BCUT2D eigenvalue weighted by Gasteiger charge is 2.18. The highest BCUT2D eigenvalue weighted by atomic mass is 16.4. The molecule has 51 heavy (non-hydrogen) atoms. The first-order chi connectivity index (χ1) is 24.0. The third-order valence-corrected chi connectivity index (χ3v) is 6.92. The number of nitrogens with two attached hydrogens (primary N) is 5. The summed E-state index contributed by atoms with van der Waals surface area (Å²) in [5.74, 6) is -4.86. The van der Waals surface area contributed by atoms with Crippen molar-refractivity contribution >= 4 is 57.6 Å². The fraction of sp³-hybridized carbons (Fsp3) is 0.114. The number of phenols is 1. The third-order valence-electron chi connectivity index (χ3n) is 6.92. The number of hydrogen-bond donors (Lipinski definition) is 11. The van der Waals surface area contributed by atoms with E-state index in [2.05, 4.69) is 4.98 Å². The summed E-state index contributed by atoms with van der Waals surface area (Å²) >= 11 is 0. The molecule has 0 saturated heterocycles. The minimum Gasteiger partial charge on any atom is -0.506 e. The number of fused-ring (bicyclic) bond motifs is 1. The van der Waals surface area contributed by atoms with E-state index in [1.165, 1.54) is 24.3 Å². The Morgan fingerprint density at radius 3 is 1.59 bits per heavy atom. The van der Waals surface area contributed by atoms with Crippen LogP contribution in [-0.4, -0.2) is 72.3 Å². The summed E-state index contributed by atoms with van der Waals surface area (Å²) in [6, 6.07) is 22.7. The van der Waals surface area contributed by atoms with E-state index in [0.29, 0.717) is 23.4 Å². The highest BCUT2D eigenvalue weighted by Crippen LogP contribution is 2.23. The second-order valence-electron chi connectivity index (χ2n) is 10.6. The number of H-pyrrole nitrogens is 1. The van der Waals surface area contributed by atoms with Gasteiger partial charge in [-0.3, -0.25) is 14.4 Å². The molecule has 0 aliphatic rings. The fourth-order valence-electron chi connectivity index (χ4n) is 4.20. The van der Waals surface area contributed by atoms with E-state index in [1.54, 1.807) is 42.5 Å². The number of Topliss-reactive ketones (excluding diaryl/α,β-unsaturated/α-hetero) is 1. The first-order valence-corrected chi connectivity index (χ1v) is 14.8. The van der Waals surface area contributed by atoms with Crippen LogP contribution in [0.2, 0.25) is 0 Å². The van der Waals surface area contributed by atoms with Crippen LogP contribution in [0.15, 0.2) is 97.2 Å². The van der Waals surface area contributed by atoms with Crippen LogP contribution in [-0.2, 0) is 16.0 Å². The molecule has 5 rings (SSSR count). The molecule has 0 spiro atoms. The topological polar surface area (TPSA) is 332 Å². The van der Waals surface area contributed by atoms with Gasteiger partial charge in [0.25, 0.3) is 0 Å². The average molecular weight is 703 g/mol. The lowest BCUT2D eigenvalue weighted by atomic mass is 10.0. The van der Waals surface area contributed by atoms with E-state index in [0.717, 1.165) is 16.5 Å². The molecule has 2 atom stereocenters. The van der Waals surface area contributed by atoms with Gasteiger partial charge in [-0.05, 0) is 48.0 Å². The molecule has 1 unspecified atom stereocenters. The predicted octanol–water partition coefficient (Wildman–Crippen LogP) is 3.02. The first kappa shape index (κ1) is 40.3. The summed E-state index contributed by atoms with van der Waals surface area (Å²) in [5.41, 5.74) is 29.8. The minimum absolute atomic E-state index is 0.0787. The first-order valence-electron chi connectivity index (χ1n) is 14.8. The van der Waals surface area contributed by atoms with E-state index < -0.39 is 36.0 Å². The van der Waals surface area contributed by atoms with Crippen LogP contribution in [0.3, 0.4) is 0 Å². The van der Waals surface area contributed by atoms with Crippen molar-refractivity contribution in [1.29, 1.82) is 0 Å². The number of aromatic carboxylic acids is 2. The van der Waals surface area contributed by atoms with Crippen LogP contribution < -0.4 is 28.7 Å². The number of nitrogen functional groups attached to an aromatic ring is 3. The number of para-hydroxylation sites is 4. The Labute approximate surface area is 290 Å². The van der Waals surface area contributed by atoms with Gasteiger partial charge in [-0.25, -0.2) is 9.59 Å². The van der Waals surface area contributed by atoms with Gasteiger partial charge in [0.15, 0.2) is 5.78 Å². The van der Waals surface area contributed by atoms with Crippen molar-refractivity contribution in [1.82, 2.24) is 4.98 Å². The number of benzene rings is 4. The zero-order chi connectivity index (χ0) is 38.2. The van der Waals surface area contributed by atoms with E-state index in [9.17, 15) is 24.0 Å². The molecule has 16 nitrogen and oxygen atoms in total. The van der Waals surface area contributed by atoms with Crippen molar-refractivity contribution in [2.45, 2.75) is 24.9 Å². The normalized spacial score (nSPS) is 11.2. The molecule has 0 saturated carbocycles. The Hall–Kier alpha value is -6.91. The standard InChI is InChI=1S/C11H12N2O2.C10H12N2O3.C7H7NO3.C7H7NO2/c12-9(11(14)15)5-7-6-13-10-4-2-1-3-8(7)10;11-7-4-2-1-3-6(7)9(13)5-8(12)10(14)15;8-6-4(7(10)11)2-1-3-5(6)9;8-6-4-2-1-3-5(6)7(9)10/h1-4,6,9,13H,5,12H2,(H,14,15);1-4,8H,5,11-12H2,(H,14,15);1-3,9H,8H2,(H,10,11);1-4H,8H2,(H,9,10)/t9-;;;/m0.../s1. The molecule has 0 fully saturated rings. The number of hydrogen-bond acceptors (Lipinski definition) is 11. The summed E-state index contributed by atoms with van der Waals surface area (Å²) in [7, 11) is 0. The molecule has 0 amide bonds. The fourth-order valence-corrected chi connectivity index (χ4v) is 4.20. The van der Waals surface area contributed by atoms with Crippen LogP contribution >= 0.6 is 0 Å². The molecule has 4 aromatic carbocycles. The van der Waals surface area contributed by atoms with Gasteiger partial charge in [0.2, 0.25) is 0 Å². The summed E-state index contributed by atoms with van der Waals surface area (Å²) in [4.78, 5) is 56.4. The monoisotopic (exact) mass is 702 g/mol. The number of anilines is 3.